The van der Waals surface area contributed by atoms with Gasteiger partial charge in [0.05, 0.1) is 12.1 Å². The molecule has 0 radical (unpaired) electrons. The zero-order valence-electron chi connectivity index (χ0n) is 23.4. The number of aryl methyl sites for hydroxylation is 2. The van der Waals surface area contributed by atoms with Gasteiger partial charge in [0.2, 0.25) is 11.8 Å². The molecule has 4 aromatic rings. The van der Waals surface area contributed by atoms with Crippen molar-refractivity contribution < 1.29 is 32.2 Å². The molecule has 2 heterocycles. The van der Waals surface area contributed by atoms with Crippen LogP contribution in [0.15, 0.2) is 65.1 Å². The number of aliphatic hydroxyl groups is 1. The normalized spacial score (nSPS) is 15.6. The van der Waals surface area contributed by atoms with Gasteiger partial charge < -0.3 is 19.6 Å². The van der Waals surface area contributed by atoms with Crippen LogP contribution in [-0.2, 0) is 11.0 Å². The average molecular weight is 583 g/mol. The van der Waals surface area contributed by atoms with Gasteiger partial charge in [0.25, 0.3) is 0 Å². The number of halogens is 3. The number of β-amino-alcohol motifs (C(OH)–C–C–N with tert-alkyl or cyclic N) is 1. The molecule has 1 atom stereocenters. The van der Waals surface area contributed by atoms with E-state index in [2.05, 4.69) is 20.1 Å². The van der Waals surface area contributed by atoms with Crippen molar-refractivity contribution in [2.45, 2.75) is 26.1 Å². The van der Waals surface area contributed by atoms with Crippen molar-refractivity contribution in [3.8, 4) is 17.2 Å². The number of nitrogens with zero attached hydrogens (tertiary/aromatic N) is 3. The molecule has 5 rings (SSSR count). The number of carbonyl (C=O) groups is 1. The van der Waals surface area contributed by atoms with Crippen LogP contribution in [0, 0.1) is 13.8 Å². The minimum Gasteiger partial charge on any atom is -0.491 e. The van der Waals surface area contributed by atoms with E-state index < -0.39 is 17.8 Å². The highest BCUT2D eigenvalue weighted by atomic mass is 19.4. The Morgan fingerprint density at radius 3 is 2.36 bits per heavy atom. The van der Waals surface area contributed by atoms with E-state index >= 15 is 0 Å². The predicted octanol–water partition coefficient (Wildman–Crippen LogP) is 5.13. The molecule has 222 valence electrons. The fourth-order valence-electron chi connectivity index (χ4n) is 4.99. The molecule has 0 saturated carbocycles. The molecule has 1 aromatic heterocycles. The van der Waals surface area contributed by atoms with Crippen molar-refractivity contribution in [2.75, 3.05) is 51.2 Å². The number of para-hydroxylation sites is 1. The maximum absolute atomic E-state index is 12.8. The van der Waals surface area contributed by atoms with Gasteiger partial charge in [0.15, 0.2) is 5.58 Å². The van der Waals surface area contributed by atoms with E-state index in [9.17, 15) is 23.1 Å². The maximum Gasteiger partial charge on any atom is 0.416 e. The minimum atomic E-state index is -4.41. The number of anilines is 1. The van der Waals surface area contributed by atoms with Gasteiger partial charge in [-0.05, 0) is 61.4 Å². The summed E-state index contributed by atoms with van der Waals surface area (Å²) in [4.78, 5) is 21.2. The lowest BCUT2D eigenvalue weighted by Gasteiger charge is -2.35. The average Bonchev–Trinajstić information content (AvgIpc) is 3.38. The van der Waals surface area contributed by atoms with Crippen molar-refractivity contribution in [1.82, 2.24) is 14.8 Å². The van der Waals surface area contributed by atoms with Gasteiger partial charge in [-0.3, -0.25) is 14.6 Å². The molecule has 1 aliphatic rings. The van der Waals surface area contributed by atoms with E-state index in [1.807, 2.05) is 32.0 Å². The second-order valence-electron chi connectivity index (χ2n) is 10.6. The van der Waals surface area contributed by atoms with Crippen molar-refractivity contribution in [3.63, 3.8) is 0 Å². The molecular weight excluding hydrogens is 549 g/mol. The Bertz CT molecular complexity index is 1510. The SMILES string of the molecule is Cc1cccc(C)c1NC(=O)CN1CCN(CC(O)COc2ccc3oc(-c4ccc(C(F)(F)F)cc4)nc3c2)CC1. The number of fused-ring (bicyclic) bond motifs is 1. The van der Waals surface area contributed by atoms with Crippen molar-refractivity contribution >= 4 is 22.7 Å². The summed E-state index contributed by atoms with van der Waals surface area (Å²) in [5, 5.41) is 13.6. The summed E-state index contributed by atoms with van der Waals surface area (Å²) in [5.74, 6) is 0.663. The Morgan fingerprint density at radius 1 is 1.02 bits per heavy atom. The molecule has 1 unspecified atom stereocenters. The number of rotatable bonds is 9. The molecule has 0 aliphatic carbocycles. The van der Waals surface area contributed by atoms with Crippen LogP contribution in [0.25, 0.3) is 22.6 Å². The van der Waals surface area contributed by atoms with Crippen LogP contribution in [0.3, 0.4) is 0 Å². The van der Waals surface area contributed by atoms with Crippen LogP contribution < -0.4 is 10.1 Å². The minimum absolute atomic E-state index is 0.0372. The van der Waals surface area contributed by atoms with E-state index in [0.717, 1.165) is 55.1 Å². The van der Waals surface area contributed by atoms with E-state index in [1.54, 1.807) is 18.2 Å². The second kappa shape index (κ2) is 12.5. The summed E-state index contributed by atoms with van der Waals surface area (Å²) < 4.78 is 50.0. The lowest BCUT2D eigenvalue weighted by molar-refractivity contribution is -0.137. The Morgan fingerprint density at radius 2 is 1.69 bits per heavy atom. The van der Waals surface area contributed by atoms with Gasteiger partial charge in [-0.2, -0.15) is 13.2 Å². The number of piperazine rings is 1. The third-order valence-electron chi connectivity index (χ3n) is 7.31. The van der Waals surface area contributed by atoms with Crippen LogP contribution in [0.4, 0.5) is 18.9 Å². The van der Waals surface area contributed by atoms with Gasteiger partial charge in [0.1, 0.15) is 24.0 Å². The lowest BCUT2D eigenvalue weighted by Crippen LogP contribution is -2.50. The number of hydrogen-bond donors (Lipinski definition) is 2. The number of nitrogens with one attached hydrogen (secondary N) is 1. The summed E-state index contributed by atoms with van der Waals surface area (Å²) in [6.07, 6.45) is -5.13. The fourth-order valence-corrected chi connectivity index (χ4v) is 4.99. The lowest BCUT2D eigenvalue weighted by atomic mass is 10.1. The number of aromatic nitrogens is 1. The Balaban J connectivity index is 1.07. The monoisotopic (exact) mass is 582 g/mol. The van der Waals surface area contributed by atoms with Crippen LogP contribution >= 0.6 is 0 Å². The zero-order chi connectivity index (χ0) is 29.9. The number of aliphatic hydroxyl groups excluding tert-OH is 1. The van der Waals surface area contributed by atoms with Gasteiger partial charge in [-0.15, -0.1) is 0 Å². The van der Waals surface area contributed by atoms with Gasteiger partial charge in [0, 0.05) is 50.0 Å². The van der Waals surface area contributed by atoms with E-state index in [1.165, 1.54) is 12.1 Å². The Hall–Kier alpha value is -3.93. The first-order valence-electron chi connectivity index (χ1n) is 13.7. The summed E-state index contributed by atoms with van der Waals surface area (Å²) >= 11 is 0. The number of amides is 1. The predicted molar refractivity (Wildman–Crippen MR) is 153 cm³/mol. The smallest absolute Gasteiger partial charge is 0.416 e. The topological polar surface area (TPSA) is 91.1 Å². The number of oxazole rings is 1. The van der Waals surface area contributed by atoms with Crippen molar-refractivity contribution in [2.24, 2.45) is 0 Å². The molecule has 0 bridgehead atoms. The largest absolute Gasteiger partial charge is 0.491 e. The molecule has 1 saturated heterocycles. The highest BCUT2D eigenvalue weighted by Gasteiger charge is 2.30. The van der Waals surface area contributed by atoms with Crippen LogP contribution in [0.2, 0.25) is 0 Å². The molecule has 1 aliphatic heterocycles. The number of benzene rings is 3. The summed E-state index contributed by atoms with van der Waals surface area (Å²) in [6.45, 7) is 7.68. The second-order valence-corrected chi connectivity index (χ2v) is 10.6. The standard InChI is InChI=1S/C31H33F3N4O4/c1-20-4-3-5-21(2)29(20)36-28(40)18-38-14-12-37(13-15-38)17-24(39)19-41-25-10-11-27-26(16-25)35-30(42-27)22-6-8-23(9-7-22)31(32,33)34/h3-11,16,24,39H,12-15,17-19H2,1-2H3,(H,36,40). The number of hydrogen-bond acceptors (Lipinski definition) is 7. The Labute approximate surface area is 241 Å². The first-order valence-corrected chi connectivity index (χ1v) is 13.7. The molecule has 2 N–H and O–H groups in total. The molecule has 11 heteroatoms. The molecule has 8 nitrogen and oxygen atoms in total. The van der Waals surface area contributed by atoms with Crippen LogP contribution in [0.1, 0.15) is 16.7 Å². The molecule has 42 heavy (non-hydrogen) atoms. The molecular formula is C31H33F3N4O4. The zero-order valence-corrected chi connectivity index (χ0v) is 23.4. The number of carbonyl (C=O) groups excluding carboxylic acids is 1. The van der Waals surface area contributed by atoms with Gasteiger partial charge in [-0.25, -0.2) is 4.98 Å². The van der Waals surface area contributed by atoms with Crippen molar-refractivity contribution in [3.05, 3.63) is 77.4 Å². The fraction of sp³-hybridized carbons (Fsp3) is 0.355. The number of alkyl halides is 3. The summed E-state index contributed by atoms with van der Waals surface area (Å²) in [6, 6.07) is 15.6. The van der Waals surface area contributed by atoms with Gasteiger partial charge >= 0.3 is 6.18 Å². The van der Waals surface area contributed by atoms with E-state index in [0.29, 0.717) is 35.5 Å². The highest BCUT2D eigenvalue weighted by molar-refractivity contribution is 5.93. The summed E-state index contributed by atoms with van der Waals surface area (Å²) in [7, 11) is 0. The van der Waals surface area contributed by atoms with Crippen molar-refractivity contribution in [1.29, 1.82) is 0 Å². The third kappa shape index (κ3) is 7.28. The molecule has 1 amide bonds. The van der Waals surface area contributed by atoms with E-state index in [4.69, 9.17) is 9.15 Å². The first kappa shape index (κ1) is 29.6. The highest BCUT2D eigenvalue weighted by Crippen LogP contribution is 2.32. The maximum atomic E-state index is 12.8. The number of ether oxygens (including phenoxy) is 1. The van der Waals surface area contributed by atoms with Crippen LogP contribution in [-0.4, -0.2) is 77.8 Å². The third-order valence-corrected chi connectivity index (χ3v) is 7.31. The Kier molecular flexibility index (Phi) is 8.81. The molecule has 1 fully saturated rings. The molecule has 0 spiro atoms. The van der Waals surface area contributed by atoms with E-state index in [-0.39, 0.29) is 18.4 Å². The van der Waals surface area contributed by atoms with Gasteiger partial charge in [-0.1, -0.05) is 18.2 Å². The quantitative estimate of drug-likeness (QED) is 0.283. The van der Waals surface area contributed by atoms with Crippen LogP contribution in [0.5, 0.6) is 5.75 Å². The first-order chi connectivity index (χ1) is 20.0. The molecule has 3 aromatic carbocycles. The summed E-state index contributed by atoms with van der Waals surface area (Å²) in [5.41, 5.74) is 3.59.